The van der Waals surface area contributed by atoms with Gasteiger partial charge in [-0.2, -0.15) is 4.37 Å². The standard InChI is InChI=1S/C11H12N4OS/c16-10(7-13-11-14-8-15-17-11)12-6-9-4-2-1-3-5-9/h1-5,8H,6-7H2,(H,12,16)(H,13,14,15). The zero-order chi connectivity index (χ0) is 11.9. The first kappa shape index (κ1) is 11.5. The van der Waals surface area contributed by atoms with Gasteiger partial charge in [0.15, 0.2) is 0 Å². The van der Waals surface area contributed by atoms with Crippen molar-refractivity contribution in [1.82, 2.24) is 14.7 Å². The number of nitrogens with zero attached hydrogens (tertiary/aromatic N) is 2. The van der Waals surface area contributed by atoms with Crippen molar-refractivity contribution in [3.05, 3.63) is 42.2 Å². The molecule has 2 rings (SSSR count). The highest BCUT2D eigenvalue weighted by molar-refractivity contribution is 7.09. The third-order valence-corrected chi connectivity index (χ3v) is 2.72. The lowest BCUT2D eigenvalue weighted by molar-refractivity contribution is -0.119. The smallest absolute Gasteiger partial charge is 0.239 e. The molecule has 5 nitrogen and oxygen atoms in total. The van der Waals surface area contributed by atoms with Crippen molar-refractivity contribution in [2.45, 2.75) is 6.54 Å². The molecule has 0 fully saturated rings. The molecule has 0 saturated heterocycles. The Kier molecular flexibility index (Phi) is 4.04. The third-order valence-electron chi connectivity index (χ3n) is 2.09. The maximum Gasteiger partial charge on any atom is 0.239 e. The second kappa shape index (κ2) is 5.95. The van der Waals surface area contributed by atoms with E-state index >= 15 is 0 Å². The molecule has 6 heteroatoms. The molecule has 0 radical (unpaired) electrons. The van der Waals surface area contributed by atoms with Crippen LogP contribution in [0.5, 0.6) is 0 Å². The van der Waals surface area contributed by atoms with E-state index in [1.807, 2.05) is 30.3 Å². The Hall–Kier alpha value is -1.95. The molecule has 1 amide bonds. The number of aromatic nitrogens is 2. The van der Waals surface area contributed by atoms with Gasteiger partial charge in [-0.3, -0.25) is 4.79 Å². The summed E-state index contributed by atoms with van der Waals surface area (Å²) in [5.74, 6) is -0.0657. The van der Waals surface area contributed by atoms with Crippen molar-refractivity contribution in [3.8, 4) is 0 Å². The normalized spacial score (nSPS) is 9.88. The molecule has 17 heavy (non-hydrogen) atoms. The van der Waals surface area contributed by atoms with Crippen LogP contribution in [0.3, 0.4) is 0 Å². The van der Waals surface area contributed by atoms with Gasteiger partial charge in [-0.15, -0.1) is 0 Å². The summed E-state index contributed by atoms with van der Waals surface area (Å²) in [7, 11) is 0. The summed E-state index contributed by atoms with van der Waals surface area (Å²) in [5.41, 5.74) is 1.08. The molecule has 0 bridgehead atoms. The van der Waals surface area contributed by atoms with Crippen LogP contribution >= 0.6 is 11.5 Å². The van der Waals surface area contributed by atoms with Gasteiger partial charge in [-0.25, -0.2) is 4.98 Å². The summed E-state index contributed by atoms with van der Waals surface area (Å²) >= 11 is 1.23. The summed E-state index contributed by atoms with van der Waals surface area (Å²) < 4.78 is 3.83. The largest absolute Gasteiger partial charge is 0.351 e. The fraction of sp³-hybridized carbons (Fsp3) is 0.182. The monoisotopic (exact) mass is 248 g/mol. The molecule has 1 aromatic carbocycles. The molecule has 1 aromatic heterocycles. The molecule has 0 spiro atoms. The fourth-order valence-corrected chi connectivity index (χ4v) is 1.69. The number of hydrogen-bond donors (Lipinski definition) is 2. The van der Waals surface area contributed by atoms with Crippen molar-refractivity contribution < 1.29 is 4.79 Å². The van der Waals surface area contributed by atoms with E-state index in [9.17, 15) is 4.79 Å². The highest BCUT2D eigenvalue weighted by Crippen LogP contribution is 2.05. The van der Waals surface area contributed by atoms with Gasteiger partial charge < -0.3 is 10.6 Å². The number of carbonyl (C=O) groups excluding carboxylic acids is 1. The summed E-state index contributed by atoms with van der Waals surface area (Å²) in [6, 6.07) is 9.78. The van der Waals surface area contributed by atoms with Crippen molar-refractivity contribution in [3.63, 3.8) is 0 Å². The molecule has 0 atom stereocenters. The molecular weight excluding hydrogens is 236 g/mol. The molecule has 0 saturated carbocycles. The number of carbonyl (C=O) groups is 1. The average molecular weight is 248 g/mol. The molecule has 0 aliphatic carbocycles. The van der Waals surface area contributed by atoms with Crippen LogP contribution in [0.4, 0.5) is 5.13 Å². The van der Waals surface area contributed by atoms with Crippen molar-refractivity contribution in [2.24, 2.45) is 0 Å². The maximum atomic E-state index is 11.5. The van der Waals surface area contributed by atoms with Crippen molar-refractivity contribution in [2.75, 3.05) is 11.9 Å². The Balaban J connectivity index is 1.71. The molecule has 88 valence electrons. The lowest BCUT2D eigenvalue weighted by Gasteiger charge is -2.05. The molecule has 2 aromatic rings. The molecule has 0 aliphatic rings. The number of benzene rings is 1. The number of rotatable bonds is 5. The summed E-state index contributed by atoms with van der Waals surface area (Å²) in [5, 5.41) is 6.36. The van der Waals surface area contributed by atoms with Gasteiger partial charge in [0.2, 0.25) is 11.0 Å². The lowest BCUT2D eigenvalue weighted by Crippen LogP contribution is -2.29. The number of amides is 1. The van der Waals surface area contributed by atoms with Crippen LogP contribution in [0.1, 0.15) is 5.56 Å². The Morgan fingerprint density at radius 3 is 2.82 bits per heavy atom. The highest BCUT2D eigenvalue weighted by atomic mass is 32.1. The first-order valence-corrected chi connectivity index (χ1v) is 5.93. The lowest BCUT2D eigenvalue weighted by atomic mass is 10.2. The van der Waals surface area contributed by atoms with Crippen LogP contribution in [0, 0.1) is 0 Å². The molecule has 0 unspecified atom stereocenters. The van der Waals surface area contributed by atoms with Crippen molar-refractivity contribution >= 4 is 22.6 Å². The highest BCUT2D eigenvalue weighted by Gasteiger charge is 2.02. The van der Waals surface area contributed by atoms with E-state index in [2.05, 4.69) is 20.0 Å². The van der Waals surface area contributed by atoms with E-state index in [1.165, 1.54) is 17.9 Å². The Morgan fingerprint density at radius 1 is 1.29 bits per heavy atom. The first-order valence-electron chi connectivity index (χ1n) is 5.16. The van der Waals surface area contributed by atoms with Crippen LogP contribution in [0.2, 0.25) is 0 Å². The molecular formula is C11H12N4OS. The van der Waals surface area contributed by atoms with E-state index in [4.69, 9.17) is 0 Å². The van der Waals surface area contributed by atoms with Gasteiger partial charge in [0, 0.05) is 18.1 Å². The van der Waals surface area contributed by atoms with E-state index < -0.39 is 0 Å². The summed E-state index contributed by atoms with van der Waals surface area (Å²) in [6.07, 6.45) is 1.45. The van der Waals surface area contributed by atoms with Gasteiger partial charge in [-0.1, -0.05) is 30.3 Å². The van der Waals surface area contributed by atoms with E-state index in [1.54, 1.807) is 0 Å². The van der Waals surface area contributed by atoms with Crippen LogP contribution < -0.4 is 10.6 Å². The second-order valence-corrected chi connectivity index (χ2v) is 4.14. The fourth-order valence-electron chi connectivity index (χ4n) is 1.27. The topological polar surface area (TPSA) is 66.9 Å². The third kappa shape index (κ3) is 3.84. The van der Waals surface area contributed by atoms with Gasteiger partial charge in [0.25, 0.3) is 0 Å². The van der Waals surface area contributed by atoms with Crippen LogP contribution in [-0.2, 0) is 11.3 Å². The molecule has 2 N–H and O–H groups in total. The van der Waals surface area contributed by atoms with Crippen LogP contribution in [-0.4, -0.2) is 21.8 Å². The SMILES string of the molecule is O=C(CNc1ncns1)NCc1ccccc1. The Bertz CT molecular complexity index is 458. The quantitative estimate of drug-likeness (QED) is 0.836. The Labute approximate surface area is 103 Å². The minimum atomic E-state index is -0.0657. The van der Waals surface area contributed by atoms with Gasteiger partial charge in [0.1, 0.15) is 6.33 Å². The minimum absolute atomic E-state index is 0.0657. The predicted octanol–water partition coefficient (Wildman–Crippen LogP) is 1.27. The van der Waals surface area contributed by atoms with Gasteiger partial charge in [-0.05, 0) is 5.56 Å². The molecule has 0 aliphatic heterocycles. The number of hydrogen-bond acceptors (Lipinski definition) is 5. The van der Waals surface area contributed by atoms with Crippen molar-refractivity contribution in [1.29, 1.82) is 0 Å². The predicted molar refractivity (Wildman–Crippen MR) is 66.7 cm³/mol. The summed E-state index contributed by atoms with van der Waals surface area (Å²) in [4.78, 5) is 15.4. The van der Waals surface area contributed by atoms with Gasteiger partial charge >= 0.3 is 0 Å². The maximum absolute atomic E-state index is 11.5. The van der Waals surface area contributed by atoms with E-state index in [0.29, 0.717) is 11.7 Å². The zero-order valence-corrected chi connectivity index (χ0v) is 9.91. The number of nitrogens with one attached hydrogen (secondary N) is 2. The number of anilines is 1. The molecule has 1 heterocycles. The summed E-state index contributed by atoms with van der Waals surface area (Å²) in [6.45, 7) is 0.750. The van der Waals surface area contributed by atoms with Crippen LogP contribution in [0.25, 0.3) is 0 Å². The first-order chi connectivity index (χ1) is 8.34. The zero-order valence-electron chi connectivity index (χ0n) is 9.09. The van der Waals surface area contributed by atoms with Gasteiger partial charge in [0.05, 0.1) is 6.54 Å². The Morgan fingerprint density at radius 2 is 2.12 bits per heavy atom. The van der Waals surface area contributed by atoms with E-state index in [0.717, 1.165) is 5.56 Å². The second-order valence-electron chi connectivity index (χ2n) is 3.36. The minimum Gasteiger partial charge on any atom is -0.351 e. The van der Waals surface area contributed by atoms with E-state index in [-0.39, 0.29) is 12.5 Å². The average Bonchev–Trinajstić information content (AvgIpc) is 2.88. The van der Waals surface area contributed by atoms with Crippen LogP contribution in [0.15, 0.2) is 36.7 Å².